The fourth-order valence-corrected chi connectivity index (χ4v) is 2.52. The average Bonchev–Trinajstić information content (AvgIpc) is 2.80. The molecule has 1 aromatic rings. The second-order valence-corrected chi connectivity index (χ2v) is 5.68. The van der Waals surface area contributed by atoms with Gasteiger partial charge in [-0.15, -0.1) is 0 Å². The van der Waals surface area contributed by atoms with Crippen LogP contribution in [-0.4, -0.2) is 35.1 Å². The molecular weight excluding hydrogens is 270 g/mol. The highest BCUT2D eigenvalue weighted by atomic mass is 16.4. The van der Waals surface area contributed by atoms with Crippen LogP contribution < -0.4 is 10.6 Å². The summed E-state index contributed by atoms with van der Waals surface area (Å²) in [6.07, 6.45) is 4.92. The molecule has 0 spiro atoms. The number of hydrogen-bond acceptors (Lipinski definition) is 4. The average molecular weight is 289 g/mol. The molecule has 1 aromatic heterocycles. The normalized spacial score (nSPS) is 21.9. The summed E-state index contributed by atoms with van der Waals surface area (Å²) in [5, 5.41) is 8.62. The second-order valence-electron chi connectivity index (χ2n) is 5.68. The maximum Gasteiger partial charge on any atom is 0.328 e. The zero-order valence-electron chi connectivity index (χ0n) is 12.2. The van der Waals surface area contributed by atoms with Gasteiger partial charge in [0.25, 0.3) is 0 Å². The van der Waals surface area contributed by atoms with Gasteiger partial charge in [0.05, 0.1) is 5.41 Å². The van der Waals surface area contributed by atoms with Gasteiger partial charge >= 0.3 is 5.97 Å². The zero-order valence-corrected chi connectivity index (χ0v) is 12.2. The Morgan fingerprint density at radius 1 is 1.52 bits per heavy atom. The molecule has 3 N–H and O–H groups in total. The number of aryl methyl sites for hydroxylation is 1. The van der Waals surface area contributed by atoms with Gasteiger partial charge < -0.3 is 15.7 Å². The molecule has 112 valence electrons. The van der Waals surface area contributed by atoms with Crippen LogP contribution in [0.15, 0.2) is 18.3 Å². The van der Waals surface area contributed by atoms with E-state index in [0.717, 1.165) is 29.6 Å². The maximum absolute atomic E-state index is 11.5. The fourth-order valence-electron chi connectivity index (χ4n) is 2.52. The van der Waals surface area contributed by atoms with E-state index in [1.54, 1.807) is 6.20 Å². The number of nitrogens with zero attached hydrogens (tertiary/aromatic N) is 2. The van der Waals surface area contributed by atoms with Crippen molar-refractivity contribution in [3.63, 3.8) is 0 Å². The van der Waals surface area contributed by atoms with Gasteiger partial charge in [-0.3, -0.25) is 4.79 Å². The number of pyridine rings is 1. The predicted octanol–water partition coefficient (Wildman–Crippen LogP) is 1.19. The highest BCUT2D eigenvalue weighted by Gasteiger charge is 2.39. The molecule has 6 nitrogen and oxygen atoms in total. The zero-order chi connectivity index (χ0) is 15.6. The number of amides is 1. The molecule has 21 heavy (non-hydrogen) atoms. The van der Waals surface area contributed by atoms with E-state index in [2.05, 4.69) is 4.98 Å². The van der Waals surface area contributed by atoms with Crippen molar-refractivity contribution in [2.24, 2.45) is 11.1 Å². The molecule has 1 unspecified atom stereocenters. The summed E-state index contributed by atoms with van der Waals surface area (Å²) in [5.41, 5.74) is 6.61. The quantitative estimate of drug-likeness (QED) is 0.812. The van der Waals surface area contributed by atoms with Crippen LogP contribution in [0.25, 0.3) is 6.08 Å². The first kappa shape index (κ1) is 15.0. The van der Waals surface area contributed by atoms with E-state index in [1.807, 2.05) is 24.8 Å². The standard InChI is InChI=1S/C15H19N3O3/c1-10-7-11(3-4-12(19)20)8-17-13(10)18-6-5-15(2,9-18)14(16)21/h3-4,7-8H,5-6,9H2,1-2H3,(H2,16,21)(H,19,20)/b4-3+. The molecule has 1 atom stereocenters. The minimum atomic E-state index is -0.992. The summed E-state index contributed by atoms with van der Waals surface area (Å²) in [6, 6.07) is 1.88. The van der Waals surface area contributed by atoms with Gasteiger partial charge in [0.2, 0.25) is 5.91 Å². The first-order valence-corrected chi connectivity index (χ1v) is 6.74. The summed E-state index contributed by atoms with van der Waals surface area (Å²) >= 11 is 0. The van der Waals surface area contributed by atoms with Crippen LogP contribution in [0.4, 0.5) is 5.82 Å². The van der Waals surface area contributed by atoms with Crippen molar-refractivity contribution in [1.82, 2.24) is 4.98 Å². The van der Waals surface area contributed by atoms with Crippen molar-refractivity contribution in [1.29, 1.82) is 0 Å². The number of carboxylic acids is 1. The van der Waals surface area contributed by atoms with Gasteiger partial charge in [-0.2, -0.15) is 0 Å². The largest absolute Gasteiger partial charge is 0.478 e. The van der Waals surface area contributed by atoms with Gasteiger partial charge in [0, 0.05) is 25.4 Å². The summed E-state index contributed by atoms with van der Waals surface area (Å²) in [5.74, 6) is -0.468. The van der Waals surface area contributed by atoms with Crippen LogP contribution >= 0.6 is 0 Å². The third kappa shape index (κ3) is 3.21. The van der Waals surface area contributed by atoms with Crippen molar-refractivity contribution in [2.45, 2.75) is 20.3 Å². The lowest BCUT2D eigenvalue weighted by atomic mass is 9.89. The first-order valence-electron chi connectivity index (χ1n) is 6.74. The van der Waals surface area contributed by atoms with E-state index in [4.69, 9.17) is 10.8 Å². The topological polar surface area (TPSA) is 96.5 Å². The summed E-state index contributed by atoms with van der Waals surface area (Å²) < 4.78 is 0. The van der Waals surface area contributed by atoms with Crippen LogP contribution in [0.5, 0.6) is 0 Å². The minimum absolute atomic E-state index is 0.288. The lowest BCUT2D eigenvalue weighted by Crippen LogP contribution is -2.37. The Bertz CT molecular complexity index is 612. The third-order valence-electron chi connectivity index (χ3n) is 3.86. The fraction of sp³-hybridized carbons (Fsp3) is 0.400. The number of carbonyl (C=O) groups is 2. The molecule has 1 aliphatic heterocycles. The molecular formula is C15H19N3O3. The molecule has 0 saturated carbocycles. The SMILES string of the molecule is Cc1cc(/C=C/C(=O)O)cnc1N1CCC(C)(C(N)=O)C1. The Morgan fingerprint density at radius 3 is 2.76 bits per heavy atom. The number of rotatable bonds is 4. The van der Waals surface area contributed by atoms with Crippen molar-refractivity contribution < 1.29 is 14.7 Å². The number of carboxylic acid groups (broad SMARTS) is 1. The Morgan fingerprint density at radius 2 is 2.24 bits per heavy atom. The van der Waals surface area contributed by atoms with Gasteiger partial charge in [-0.05, 0) is 43.5 Å². The summed E-state index contributed by atoms with van der Waals surface area (Å²) in [6.45, 7) is 5.08. The van der Waals surface area contributed by atoms with Crippen molar-refractivity contribution in [3.8, 4) is 0 Å². The van der Waals surface area contributed by atoms with Crippen molar-refractivity contribution in [3.05, 3.63) is 29.5 Å². The molecule has 0 aromatic carbocycles. The number of carbonyl (C=O) groups excluding carboxylic acids is 1. The van der Waals surface area contributed by atoms with E-state index in [0.29, 0.717) is 13.0 Å². The molecule has 1 fully saturated rings. The second kappa shape index (κ2) is 5.55. The first-order chi connectivity index (χ1) is 9.82. The summed E-state index contributed by atoms with van der Waals surface area (Å²) in [7, 11) is 0. The summed E-state index contributed by atoms with van der Waals surface area (Å²) in [4.78, 5) is 28.4. The van der Waals surface area contributed by atoms with Crippen molar-refractivity contribution >= 4 is 23.8 Å². The Kier molecular flexibility index (Phi) is 3.97. The highest BCUT2D eigenvalue weighted by molar-refractivity contribution is 5.85. The van der Waals surface area contributed by atoms with Crippen LogP contribution in [0, 0.1) is 12.3 Å². The van der Waals surface area contributed by atoms with E-state index >= 15 is 0 Å². The van der Waals surface area contributed by atoms with Crippen molar-refractivity contribution in [2.75, 3.05) is 18.0 Å². The Balaban J connectivity index is 2.19. The molecule has 1 amide bonds. The van der Waals surface area contributed by atoms with Crippen LogP contribution in [-0.2, 0) is 9.59 Å². The highest BCUT2D eigenvalue weighted by Crippen LogP contribution is 2.33. The molecule has 1 saturated heterocycles. The molecule has 6 heteroatoms. The smallest absolute Gasteiger partial charge is 0.328 e. The van der Waals surface area contributed by atoms with Gasteiger partial charge in [0.15, 0.2) is 0 Å². The van der Waals surface area contributed by atoms with E-state index < -0.39 is 11.4 Å². The van der Waals surface area contributed by atoms with Gasteiger partial charge in [-0.1, -0.05) is 0 Å². The Hall–Kier alpha value is -2.37. The lowest BCUT2D eigenvalue weighted by Gasteiger charge is -2.23. The number of aromatic nitrogens is 1. The molecule has 1 aliphatic rings. The number of hydrogen-bond donors (Lipinski definition) is 2. The molecule has 2 heterocycles. The van der Waals surface area contributed by atoms with Gasteiger partial charge in [0.1, 0.15) is 5.82 Å². The molecule has 0 bridgehead atoms. The molecule has 0 radical (unpaired) electrons. The number of aliphatic carboxylic acids is 1. The minimum Gasteiger partial charge on any atom is -0.478 e. The van der Waals surface area contributed by atoms with Crippen LogP contribution in [0.2, 0.25) is 0 Å². The lowest BCUT2D eigenvalue weighted by molar-refractivity contribution is -0.131. The van der Waals surface area contributed by atoms with E-state index in [-0.39, 0.29) is 5.91 Å². The number of primary amides is 1. The number of nitrogens with two attached hydrogens (primary N) is 1. The van der Waals surface area contributed by atoms with Crippen LogP contribution in [0.3, 0.4) is 0 Å². The van der Waals surface area contributed by atoms with E-state index in [1.165, 1.54) is 6.08 Å². The van der Waals surface area contributed by atoms with E-state index in [9.17, 15) is 9.59 Å². The molecule has 0 aliphatic carbocycles. The molecule has 2 rings (SSSR count). The monoisotopic (exact) mass is 289 g/mol. The van der Waals surface area contributed by atoms with Gasteiger partial charge in [-0.25, -0.2) is 9.78 Å². The maximum atomic E-state index is 11.5. The third-order valence-corrected chi connectivity index (χ3v) is 3.86. The predicted molar refractivity (Wildman–Crippen MR) is 79.8 cm³/mol. The Labute approximate surface area is 123 Å². The van der Waals surface area contributed by atoms with Crippen LogP contribution in [0.1, 0.15) is 24.5 Å². The number of anilines is 1.